The quantitative estimate of drug-likeness (QED) is 0.152. The normalized spacial score (nSPS) is 10.3. The van der Waals surface area contributed by atoms with E-state index in [1.807, 2.05) is 6.92 Å². The molecule has 0 aliphatic carbocycles. The van der Waals surface area contributed by atoms with Crippen LogP contribution in [0.1, 0.15) is 31.9 Å². The zero-order chi connectivity index (χ0) is 23.7. The highest BCUT2D eigenvalue weighted by molar-refractivity contribution is 9.10. The molecule has 0 N–H and O–H groups in total. The molecule has 0 saturated heterocycles. The monoisotopic (exact) mass is 544 g/mol. The Morgan fingerprint density at radius 1 is 0.938 bits per heavy atom. The molecule has 0 bridgehead atoms. The van der Waals surface area contributed by atoms with Crippen molar-refractivity contribution in [3.8, 4) is 11.5 Å². The topological polar surface area (TPSA) is 71.1 Å². The number of ether oxygens (including phenoxy) is 4. The van der Waals surface area contributed by atoms with Crippen molar-refractivity contribution in [3.05, 3.63) is 61.5 Å². The van der Waals surface area contributed by atoms with Crippen molar-refractivity contribution in [3.63, 3.8) is 0 Å². The summed E-state index contributed by atoms with van der Waals surface area (Å²) in [4.78, 5) is 24.5. The average molecular weight is 546 g/mol. The average Bonchev–Trinajstić information content (AvgIpc) is 2.73. The lowest BCUT2D eigenvalue weighted by molar-refractivity contribution is -0.146. The van der Waals surface area contributed by atoms with Gasteiger partial charge in [0.05, 0.1) is 24.3 Å². The summed E-state index contributed by atoms with van der Waals surface area (Å²) < 4.78 is 22.2. The molecule has 0 unspecified atom stereocenters. The molecule has 32 heavy (non-hydrogen) atoms. The minimum atomic E-state index is -0.766. The summed E-state index contributed by atoms with van der Waals surface area (Å²) >= 11 is 15.6. The summed E-state index contributed by atoms with van der Waals surface area (Å²) in [6, 6.07) is 8.50. The van der Waals surface area contributed by atoms with Crippen molar-refractivity contribution >= 4 is 57.1 Å². The second-order valence-electron chi connectivity index (χ2n) is 6.29. The van der Waals surface area contributed by atoms with Gasteiger partial charge < -0.3 is 18.9 Å². The first-order chi connectivity index (χ1) is 15.3. The number of halogens is 3. The first kappa shape index (κ1) is 26.0. The van der Waals surface area contributed by atoms with Crippen LogP contribution in [0.25, 0.3) is 6.08 Å². The van der Waals surface area contributed by atoms with E-state index in [1.54, 1.807) is 44.2 Å². The molecule has 0 saturated carbocycles. The molecule has 0 radical (unpaired) electrons. The number of hydrogen-bond acceptors (Lipinski definition) is 6. The minimum absolute atomic E-state index is 0.128. The second-order valence-corrected chi connectivity index (χ2v) is 7.98. The Balaban J connectivity index is 2.40. The summed E-state index contributed by atoms with van der Waals surface area (Å²) in [5.41, 5.74) is 1.05. The van der Waals surface area contributed by atoms with E-state index in [0.717, 1.165) is 5.56 Å². The predicted molar refractivity (Wildman–Crippen MR) is 127 cm³/mol. The van der Waals surface area contributed by atoms with E-state index >= 15 is 0 Å². The summed E-state index contributed by atoms with van der Waals surface area (Å²) in [5.74, 6) is -0.662. The van der Waals surface area contributed by atoms with Crippen LogP contribution >= 0.6 is 39.1 Å². The highest BCUT2D eigenvalue weighted by Crippen LogP contribution is 2.38. The van der Waals surface area contributed by atoms with E-state index in [1.165, 1.54) is 6.08 Å². The molecule has 6 nitrogen and oxygen atoms in total. The fourth-order valence-electron chi connectivity index (χ4n) is 2.65. The third-order valence-electron chi connectivity index (χ3n) is 4.02. The molecule has 2 aromatic carbocycles. The van der Waals surface area contributed by atoms with Crippen LogP contribution in [0.2, 0.25) is 10.0 Å². The Kier molecular flexibility index (Phi) is 10.4. The Morgan fingerprint density at radius 2 is 1.59 bits per heavy atom. The van der Waals surface area contributed by atoms with E-state index in [9.17, 15) is 9.59 Å². The molecule has 172 valence electrons. The molecule has 0 spiro atoms. The SMILES string of the molecule is CCOC(=O)C(=Cc1cc(Br)c(OCc2ccc(Cl)cc2Cl)c(OCC)c1)C(=O)OCC. The number of benzene rings is 2. The van der Waals surface area contributed by atoms with E-state index in [-0.39, 0.29) is 25.4 Å². The van der Waals surface area contributed by atoms with Gasteiger partial charge in [-0.1, -0.05) is 29.3 Å². The molecule has 0 amide bonds. The fraction of sp³-hybridized carbons (Fsp3) is 0.304. The molecule has 0 atom stereocenters. The lowest BCUT2D eigenvalue weighted by Gasteiger charge is -2.16. The fourth-order valence-corrected chi connectivity index (χ4v) is 3.69. The number of carbonyl (C=O) groups is 2. The van der Waals surface area contributed by atoms with Gasteiger partial charge in [-0.3, -0.25) is 0 Å². The standard InChI is InChI=1S/C23H23BrCl2O6/c1-4-29-20-11-14(9-17(22(27)30-5-2)23(28)31-6-3)10-18(24)21(20)32-13-15-7-8-16(25)12-19(15)26/h7-12H,4-6,13H2,1-3H3. The third kappa shape index (κ3) is 7.15. The maximum Gasteiger partial charge on any atom is 0.345 e. The van der Waals surface area contributed by atoms with E-state index in [4.69, 9.17) is 42.1 Å². The predicted octanol–water partition coefficient (Wildman–Crippen LogP) is 6.24. The Bertz CT molecular complexity index is 986. The molecule has 0 heterocycles. The van der Waals surface area contributed by atoms with Gasteiger partial charge in [0.25, 0.3) is 0 Å². The summed E-state index contributed by atoms with van der Waals surface area (Å²) in [6.45, 7) is 5.96. The number of rotatable bonds is 10. The van der Waals surface area contributed by atoms with Gasteiger partial charge >= 0.3 is 11.9 Å². The van der Waals surface area contributed by atoms with E-state index < -0.39 is 11.9 Å². The van der Waals surface area contributed by atoms with Crippen molar-refractivity contribution < 1.29 is 28.5 Å². The maximum atomic E-state index is 12.3. The Labute approximate surface area is 205 Å². The number of esters is 2. The van der Waals surface area contributed by atoms with E-state index in [0.29, 0.717) is 38.2 Å². The number of carbonyl (C=O) groups excluding carboxylic acids is 2. The van der Waals surface area contributed by atoms with Gasteiger partial charge in [-0.05, 0) is 72.6 Å². The van der Waals surface area contributed by atoms with Gasteiger partial charge in [-0.15, -0.1) is 0 Å². The minimum Gasteiger partial charge on any atom is -0.490 e. The smallest absolute Gasteiger partial charge is 0.345 e. The van der Waals surface area contributed by atoms with Crippen molar-refractivity contribution in [1.82, 2.24) is 0 Å². The van der Waals surface area contributed by atoms with Gasteiger partial charge in [0.2, 0.25) is 0 Å². The van der Waals surface area contributed by atoms with Crippen LogP contribution in [0.3, 0.4) is 0 Å². The zero-order valence-electron chi connectivity index (χ0n) is 17.9. The molecule has 0 aliphatic heterocycles. The summed E-state index contributed by atoms with van der Waals surface area (Å²) in [7, 11) is 0. The summed E-state index contributed by atoms with van der Waals surface area (Å²) in [6.07, 6.45) is 1.39. The van der Waals surface area contributed by atoms with Crippen molar-refractivity contribution in [2.45, 2.75) is 27.4 Å². The van der Waals surface area contributed by atoms with Gasteiger partial charge in [-0.25, -0.2) is 9.59 Å². The molecule has 0 fully saturated rings. The lowest BCUT2D eigenvalue weighted by atomic mass is 10.1. The van der Waals surface area contributed by atoms with Crippen LogP contribution in [0.5, 0.6) is 11.5 Å². The van der Waals surface area contributed by atoms with Gasteiger partial charge in [0, 0.05) is 15.6 Å². The first-order valence-corrected chi connectivity index (χ1v) is 11.4. The lowest BCUT2D eigenvalue weighted by Crippen LogP contribution is -2.18. The van der Waals surface area contributed by atoms with Crippen molar-refractivity contribution in [1.29, 1.82) is 0 Å². The molecule has 0 aromatic heterocycles. The molecule has 0 aliphatic rings. The molecule has 2 aromatic rings. The highest BCUT2D eigenvalue weighted by atomic mass is 79.9. The van der Waals surface area contributed by atoms with Gasteiger partial charge in [0.1, 0.15) is 12.2 Å². The van der Waals surface area contributed by atoms with Crippen LogP contribution in [0.4, 0.5) is 0 Å². The van der Waals surface area contributed by atoms with Crippen molar-refractivity contribution in [2.24, 2.45) is 0 Å². The molecular formula is C23H23BrCl2O6. The van der Waals surface area contributed by atoms with Crippen LogP contribution in [0, 0.1) is 0 Å². The Morgan fingerprint density at radius 3 is 2.16 bits per heavy atom. The van der Waals surface area contributed by atoms with Gasteiger partial charge in [-0.2, -0.15) is 0 Å². The number of hydrogen-bond donors (Lipinski definition) is 0. The zero-order valence-corrected chi connectivity index (χ0v) is 21.0. The van der Waals surface area contributed by atoms with Gasteiger partial charge in [0.15, 0.2) is 11.5 Å². The molecular weight excluding hydrogens is 523 g/mol. The second kappa shape index (κ2) is 12.7. The summed E-state index contributed by atoms with van der Waals surface area (Å²) in [5, 5.41) is 1.02. The molecule has 2 rings (SSSR count). The Hall–Kier alpha value is -2.22. The maximum absolute atomic E-state index is 12.3. The van der Waals surface area contributed by atoms with Crippen LogP contribution in [-0.4, -0.2) is 31.8 Å². The first-order valence-electron chi connectivity index (χ1n) is 9.89. The highest BCUT2D eigenvalue weighted by Gasteiger charge is 2.22. The molecule has 9 heteroatoms. The van der Waals surface area contributed by atoms with Crippen molar-refractivity contribution in [2.75, 3.05) is 19.8 Å². The third-order valence-corrected chi connectivity index (χ3v) is 5.20. The van der Waals surface area contributed by atoms with Crippen LogP contribution in [-0.2, 0) is 25.7 Å². The largest absolute Gasteiger partial charge is 0.490 e. The van der Waals surface area contributed by atoms with Crippen LogP contribution in [0.15, 0.2) is 40.4 Å². The van der Waals surface area contributed by atoms with E-state index in [2.05, 4.69) is 15.9 Å². The van der Waals surface area contributed by atoms with Crippen LogP contribution < -0.4 is 9.47 Å².